The van der Waals surface area contributed by atoms with Crippen molar-refractivity contribution in [1.82, 2.24) is 15.0 Å². The van der Waals surface area contributed by atoms with Gasteiger partial charge in [-0.05, 0) is 55.2 Å². The van der Waals surface area contributed by atoms with Gasteiger partial charge in [0.1, 0.15) is 16.5 Å². The number of aromatic nitrogens is 3. The largest absolute Gasteiger partial charge is 0.381 e. The number of hydrogen-bond acceptors (Lipinski definition) is 8. The molecule has 1 aliphatic rings. The van der Waals surface area contributed by atoms with Crippen LogP contribution in [0.2, 0.25) is 0 Å². The molecule has 41 heavy (non-hydrogen) atoms. The van der Waals surface area contributed by atoms with Crippen LogP contribution in [0.3, 0.4) is 0 Å². The van der Waals surface area contributed by atoms with Crippen LogP contribution in [0.25, 0.3) is 21.8 Å². The molecule has 2 aromatic carbocycles. The first-order valence-corrected chi connectivity index (χ1v) is 15.3. The number of benzene rings is 2. The Labute approximate surface area is 240 Å². The number of halogens is 3. The van der Waals surface area contributed by atoms with E-state index in [0.29, 0.717) is 60.0 Å². The number of sulfonamides is 1. The summed E-state index contributed by atoms with van der Waals surface area (Å²) in [7, 11) is -4.65. The third kappa shape index (κ3) is 6.52. The summed E-state index contributed by atoms with van der Waals surface area (Å²) in [6.45, 7) is 5.97. The molecular formula is C28H28F3N5O3S2. The number of ether oxygens (including phenoxy) is 1. The summed E-state index contributed by atoms with van der Waals surface area (Å²) in [5.41, 5.74) is 0.425. The first kappa shape index (κ1) is 29.0. The highest BCUT2D eigenvalue weighted by Crippen LogP contribution is 2.42. The summed E-state index contributed by atoms with van der Waals surface area (Å²) in [6, 6.07) is 7.90. The van der Waals surface area contributed by atoms with Crippen molar-refractivity contribution in [3.63, 3.8) is 0 Å². The predicted octanol–water partition coefficient (Wildman–Crippen LogP) is 6.45. The van der Waals surface area contributed by atoms with Gasteiger partial charge in [-0.25, -0.2) is 36.5 Å². The molecule has 0 bridgehead atoms. The summed E-state index contributed by atoms with van der Waals surface area (Å²) in [5, 5.41) is 3.98. The normalized spacial score (nSPS) is 14.4. The quantitative estimate of drug-likeness (QED) is 0.227. The molecule has 0 unspecified atom stereocenters. The van der Waals surface area contributed by atoms with Crippen LogP contribution in [-0.4, -0.2) is 43.1 Å². The lowest BCUT2D eigenvalue weighted by Crippen LogP contribution is -2.16. The number of anilines is 2. The Morgan fingerprint density at radius 2 is 1.85 bits per heavy atom. The first-order chi connectivity index (χ1) is 19.6. The molecule has 1 aliphatic heterocycles. The average molecular weight is 604 g/mol. The van der Waals surface area contributed by atoms with Crippen molar-refractivity contribution in [2.45, 2.75) is 37.5 Å². The standard InChI is InChI=1S/C28H28F3N5O3S2/c1-16(2)15-33-28-32-11-8-22(34-28)26-25(35-27(40-26)17-9-12-39-13-10-17)19-4-3-5-21(24(19)31)36-41(37,38)23-14-18(29)6-7-20(23)30/h3-8,11,14,16-17,36H,9-10,12-13,15H2,1-2H3,(H,32,33,34). The highest BCUT2D eigenvalue weighted by atomic mass is 32.2. The van der Waals surface area contributed by atoms with Gasteiger partial charge < -0.3 is 10.1 Å². The van der Waals surface area contributed by atoms with Gasteiger partial charge in [0.2, 0.25) is 5.95 Å². The molecule has 2 N–H and O–H groups in total. The van der Waals surface area contributed by atoms with Crippen LogP contribution in [0, 0.1) is 23.4 Å². The van der Waals surface area contributed by atoms with Crippen molar-refractivity contribution in [2.24, 2.45) is 5.92 Å². The minimum absolute atomic E-state index is 0.0322. The zero-order valence-electron chi connectivity index (χ0n) is 22.3. The molecule has 0 atom stereocenters. The Morgan fingerprint density at radius 1 is 1.07 bits per heavy atom. The second kappa shape index (κ2) is 12.1. The van der Waals surface area contributed by atoms with E-state index in [0.717, 1.165) is 23.9 Å². The van der Waals surface area contributed by atoms with E-state index in [2.05, 4.69) is 33.9 Å². The predicted molar refractivity (Wildman–Crippen MR) is 152 cm³/mol. The van der Waals surface area contributed by atoms with Gasteiger partial charge in [0.05, 0.1) is 27.0 Å². The molecule has 0 saturated carbocycles. The van der Waals surface area contributed by atoms with Crippen LogP contribution < -0.4 is 10.0 Å². The van der Waals surface area contributed by atoms with Crippen LogP contribution in [0.15, 0.2) is 53.6 Å². The van der Waals surface area contributed by atoms with Gasteiger partial charge in [-0.2, -0.15) is 0 Å². The smallest absolute Gasteiger partial charge is 0.265 e. The van der Waals surface area contributed by atoms with E-state index >= 15 is 4.39 Å². The number of nitrogens with zero attached hydrogens (tertiary/aromatic N) is 3. The lowest BCUT2D eigenvalue weighted by molar-refractivity contribution is 0.0853. The molecule has 0 radical (unpaired) electrons. The molecule has 0 aliphatic carbocycles. The summed E-state index contributed by atoms with van der Waals surface area (Å²) < 4.78 is 77.3. The van der Waals surface area contributed by atoms with E-state index in [4.69, 9.17) is 9.72 Å². The minimum atomic E-state index is -4.65. The number of rotatable bonds is 9. The van der Waals surface area contributed by atoms with Gasteiger partial charge in [0.15, 0.2) is 5.82 Å². The zero-order valence-corrected chi connectivity index (χ0v) is 24.0. The van der Waals surface area contributed by atoms with Crippen molar-refractivity contribution in [3.05, 3.63) is 71.1 Å². The van der Waals surface area contributed by atoms with E-state index in [9.17, 15) is 17.2 Å². The van der Waals surface area contributed by atoms with Crippen molar-refractivity contribution in [2.75, 3.05) is 29.8 Å². The Bertz CT molecular complexity index is 1660. The van der Waals surface area contributed by atoms with Crippen LogP contribution >= 0.6 is 11.3 Å². The van der Waals surface area contributed by atoms with E-state index in [-0.39, 0.29) is 11.5 Å². The Morgan fingerprint density at radius 3 is 2.61 bits per heavy atom. The molecule has 13 heteroatoms. The maximum absolute atomic E-state index is 16.0. The molecule has 2 aromatic heterocycles. The summed E-state index contributed by atoms with van der Waals surface area (Å²) >= 11 is 1.39. The first-order valence-electron chi connectivity index (χ1n) is 13.0. The van der Waals surface area contributed by atoms with Gasteiger partial charge in [-0.1, -0.05) is 19.9 Å². The van der Waals surface area contributed by atoms with Crippen molar-refractivity contribution >= 4 is 33.0 Å². The fourth-order valence-corrected chi connectivity index (χ4v) is 6.72. The van der Waals surface area contributed by atoms with Crippen molar-refractivity contribution in [3.8, 4) is 21.8 Å². The highest BCUT2D eigenvalue weighted by molar-refractivity contribution is 7.92. The lowest BCUT2D eigenvalue weighted by atomic mass is 10.0. The molecule has 3 heterocycles. The van der Waals surface area contributed by atoms with Gasteiger partial charge in [-0.15, -0.1) is 11.3 Å². The number of nitrogens with one attached hydrogen (secondary N) is 2. The van der Waals surface area contributed by atoms with Gasteiger partial charge in [0.25, 0.3) is 10.0 Å². The Kier molecular flexibility index (Phi) is 8.57. The molecule has 4 aromatic rings. The molecule has 0 amide bonds. The monoisotopic (exact) mass is 603 g/mol. The summed E-state index contributed by atoms with van der Waals surface area (Å²) in [6.07, 6.45) is 3.13. The molecule has 1 saturated heterocycles. The van der Waals surface area contributed by atoms with Crippen LogP contribution in [0.5, 0.6) is 0 Å². The van der Waals surface area contributed by atoms with Crippen LogP contribution in [-0.2, 0) is 14.8 Å². The van der Waals surface area contributed by atoms with Crippen molar-refractivity contribution in [1.29, 1.82) is 0 Å². The maximum Gasteiger partial charge on any atom is 0.265 e. The van der Waals surface area contributed by atoms with Crippen molar-refractivity contribution < 1.29 is 26.3 Å². The third-order valence-electron chi connectivity index (χ3n) is 6.45. The van der Waals surface area contributed by atoms with Crippen LogP contribution in [0.4, 0.5) is 24.8 Å². The van der Waals surface area contributed by atoms with Gasteiger partial charge in [0, 0.05) is 37.4 Å². The van der Waals surface area contributed by atoms with E-state index in [1.807, 2.05) is 0 Å². The highest BCUT2D eigenvalue weighted by Gasteiger charge is 2.27. The Hall–Kier alpha value is -3.55. The molecule has 216 valence electrons. The Balaban J connectivity index is 1.57. The summed E-state index contributed by atoms with van der Waals surface area (Å²) in [4.78, 5) is 13.4. The zero-order chi connectivity index (χ0) is 29.1. The SMILES string of the molecule is CC(C)CNc1nccc(-c2sc(C3CCOCC3)nc2-c2cccc(NS(=O)(=O)c3cc(F)ccc3F)c2F)n1. The molecule has 0 spiro atoms. The summed E-state index contributed by atoms with van der Waals surface area (Å²) in [5.74, 6) is -2.12. The fourth-order valence-electron chi connectivity index (χ4n) is 4.35. The van der Waals surface area contributed by atoms with Gasteiger partial charge >= 0.3 is 0 Å². The number of hydrogen-bond donors (Lipinski definition) is 2. The van der Waals surface area contributed by atoms with E-state index in [1.54, 1.807) is 12.3 Å². The van der Waals surface area contributed by atoms with Gasteiger partial charge in [-0.3, -0.25) is 4.72 Å². The topological polar surface area (TPSA) is 106 Å². The maximum atomic E-state index is 16.0. The fraction of sp³-hybridized carbons (Fsp3) is 0.321. The second-order valence-corrected chi connectivity index (χ2v) is 12.7. The van der Waals surface area contributed by atoms with Crippen LogP contribution in [0.1, 0.15) is 37.6 Å². The molecule has 1 fully saturated rings. The molecular weight excluding hydrogens is 575 g/mol. The third-order valence-corrected chi connectivity index (χ3v) is 9.07. The molecule has 5 rings (SSSR count). The molecule has 8 nitrogen and oxygen atoms in total. The number of thiazole rings is 1. The minimum Gasteiger partial charge on any atom is -0.381 e. The average Bonchev–Trinajstić information content (AvgIpc) is 3.40. The lowest BCUT2D eigenvalue weighted by Gasteiger charge is -2.19. The van der Waals surface area contributed by atoms with E-state index in [1.165, 1.54) is 29.5 Å². The van der Waals surface area contributed by atoms with E-state index < -0.39 is 38.1 Å². The second-order valence-electron chi connectivity index (χ2n) is 10.0.